The highest BCUT2D eigenvalue weighted by molar-refractivity contribution is 9.10. The van der Waals surface area contributed by atoms with Crippen LogP contribution in [0.15, 0.2) is 40.9 Å². The maximum atomic E-state index is 13.2. The van der Waals surface area contributed by atoms with Crippen LogP contribution in [0, 0.1) is 12.7 Å². The summed E-state index contributed by atoms with van der Waals surface area (Å²) in [7, 11) is 1.59. The standard InChI is InChI=1S/C15H14BrFO2/c1-9-3-4-11(8-14(9)19-2)15(18)10-5-6-13(17)12(16)7-10/h3-8,15,18H,1-2H3. The van der Waals surface area contributed by atoms with Gasteiger partial charge in [0.15, 0.2) is 0 Å². The molecule has 0 aliphatic carbocycles. The number of methoxy groups -OCH3 is 1. The molecule has 1 atom stereocenters. The second-order valence-electron chi connectivity index (χ2n) is 4.31. The molecule has 1 N–H and O–H groups in total. The van der Waals surface area contributed by atoms with E-state index in [1.165, 1.54) is 6.07 Å². The molecule has 0 saturated carbocycles. The van der Waals surface area contributed by atoms with Gasteiger partial charge in [-0.05, 0) is 57.7 Å². The van der Waals surface area contributed by atoms with E-state index < -0.39 is 6.10 Å². The summed E-state index contributed by atoms with van der Waals surface area (Å²) < 4.78 is 18.8. The third-order valence-corrected chi connectivity index (χ3v) is 3.61. The summed E-state index contributed by atoms with van der Waals surface area (Å²) in [5.74, 6) is 0.371. The van der Waals surface area contributed by atoms with Gasteiger partial charge in [-0.1, -0.05) is 18.2 Å². The van der Waals surface area contributed by atoms with Crippen molar-refractivity contribution in [3.05, 3.63) is 63.4 Å². The zero-order chi connectivity index (χ0) is 14.0. The van der Waals surface area contributed by atoms with Crippen LogP contribution in [0.3, 0.4) is 0 Å². The highest BCUT2D eigenvalue weighted by Gasteiger charge is 2.13. The Morgan fingerprint density at radius 1 is 1.16 bits per heavy atom. The van der Waals surface area contributed by atoms with Crippen LogP contribution in [0.2, 0.25) is 0 Å². The summed E-state index contributed by atoms with van der Waals surface area (Å²) in [4.78, 5) is 0. The fraction of sp³-hybridized carbons (Fsp3) is 0.200. The van der Waals surface area contributed by atoms with Crippen molar-refractivity contribution in [2.24, 2.45) is 0 Å². The monoisotopic (exact) mass is 324 g/mol. The lowest BCUT2D eigenvalue weighted by atomic mass is 10.00. The van der Waals surface area contributed by atoms with Crippen LogP contribution < -0.4 is 4.74 Å². The Balaban J connectivity index is 2.37. The molecule has 100 valence electrons. The van der Waals surface area contributed by atoms with E-state index in [4.69, 9.17) is 4.74 Å². The number of rotatable bonds is 3. The molecular weight excluding hydrogens is 311 g/mol. The first-order chi connectivity index (χ1) is 9.02. The Bertz CT molecular complexity index is 599. The number of aliphatic hydroxyl groups excluding tert-OH is 1. The molecule has 2 aromatic carbocycles. The average molecular weight is 325 g/mol. The first-order valence-electron chi connectivity index (χ1n) is 5.80. The van der Waals surface area contributed by atoms with Gasteiger partial charge in [0.25, 0.3) is 0 Å². The molecule has 0 amide bonds. The van der Waals surface area contributed by atoms with Gasteiger partial charge in [-0.15, -0.1) is 0 Å². The third-order valence-electron chi connectivity index (χ3n) is 3.01. The molecule has 2 nitrogen and oxygen atoms in total. The topological polar surface area (TPSA) is 29.5 Å². The molecular formula is C15H14BrFO2. The molecule has 0 aliphatic rings. The molecule has 0 bridgehead atoms. The fourth-order valence-corrected chi connectivity index (χ4v) is 2.28. The lowest BCUT2D eigenvalue weighted by molar-refractivity contribution is 0.219. The van der Waals surface area contributed by atoms with Crippen molar-refractivity contribution in [3.8, 4) is 5.75 Å². The van der Waals surface area contributed by atoms with E-state index >= 15 is 0 Å². The van der Waals surface area contributed by atoms with Crippen LogP contribution in [0.25, 0.3) is 0 Å². The Morgan fingerprint density at radius 3 is 2.42 bits per heavy atom. The van der Waals surface area contributed by atoms with Crippen LogP contribution in [-0.2, 0) is 0 Å². The first kappa shape index (κ1) is 14.0. The molecule has 19 heavy (non-hydrogen) atoms. The Labute approximate surface area is 120 Å². The van der Waals surface area contributed by atoms with Crippen molar-refractivity contribution in [2.45, 2.75) is 13.0 Å². The molecule has 0 saturated heterocycles. The number of aryl methyl sites for hydroxylation is 1. The number of benzene rings is 2. The smallest absolute Gasteiger partial charge is 0.137 e. The second-order valence-corrected chi connectivity index (χ2v) is 5.16. The number of hydrogen-bond donors (Lipinski definition) is 1. The Kier molecular flexibility index (Phi) is 4.22. The van der Waals surface area contributed by atoms with Gasteiger partial charge in [0.05, 0.1) is 11.6 Å². The van der Waals surface area contributed by atoms with Crippen LogP contribution in [-0.4, -0.2) is 12.2 Å². The van der Waals surface area contributed by atoms with Gasteiger partial charge in [0.1, 0.15) is 17.7 Å². The summed E-state index contributed by atoms with van der Waals surface area (Å²) in [5.41, 5.74) is 2.33. The largest absolute Gasteiger partial charge is 0.496 e. The summed E-state index contributed by atoms with van der Waals surface area (Å²) in [6, 6.07) is 9.98. The van der Waals surface area contributed by atoms with Crippen LogP contribution in [0.1, 0.15) is 22.8 Å². The lowest BCUT2D eigenvalue weighted by Gasteiger charge is -2.14. The van der Waals surface area contributed by atoms with Crippen molar-refractivity contribution in [3.63, 3.8) is 0 Å². The minimum atomic E-state index is -0.814. The molecule has 0 radical (unpaired) electrons. The molecule has 2 rings (SSSR count). The van der Waals surface area contributed by atoms with Gasteiger partial charge in [0.2, 0.25) is 0 Å². The third kappa shape index (κ3) is 2.96. The van der Waals surface area contributed by atoms with Gasteiger partial charge >= 0.3 is 0 Å². The number of ether oxygens (including phenoxy) is 1. The quantitative estimate of drug-likeness (QED) is 0.925. The Morgan fingerprint density at radius 2 is 1.79 bits per heavy atom. The maximum absolute atomic E-state index is 13.2. The zero-order valence-corrected chi connectivity index (χ0v) is 12.2. The fourth-order valence-electron chi connectivity index (χ4n) is 1.88. The Hall–Kier alpha value is -1.39. The molecule has 0 aromatic heterocycles. The zero-order valence-electron chi connectivity index (χ0n) is 10.7. The van der Waals surface area contributed by atoms with Crippen molar-refractivity contribution in [1.29, 1.82) is 0 Å². The number of aliphatic hydroxyl groups is 1. The molecule has 0 heterocycles. The van der Waals surface area contributed by atoms with Crippen LogP contribution in [0.4, 0.5) is 4.39 Å². The van der Waals surface area contributed by atoms with Gasteiger partial charge in [-0.25, -0.2) is 4.39 Å². The van der Waals surface area contributed by atoms with E-state index in [2.05, 4.69) is 15.9 Å². The summed E-state index contributed by atoms with van der Waals surface area (Å²) in [5, 5.41) is 10.3. The average Bonchev–Trinajstić information content (AvgIpc) is 2.41. The predicted octanol–water partition coefficient (Wildman–Crippen LogP) is 3.99. The van der Waals surface area contributed by atoms with Gasteiger partial charge < -0.3 is 9.84 Å². The summed E-state index contributed by atoms with van der Waals surface area (Å²) in [6.45, 7) is 1.93. The van der Waals surface area contributed by atoms with E-state index in [-0.39, 0.29) is 5.82 Å². The molecule has 0 fully saturated rings. The molecule has 4 heteroatoms. The van der Waals surface area contributed by atoms with E-state index in [9.17, 15) is 9.50 Å². The first-order valence-corrected chi connectivity index (χ1v) is 6.59. The normalized spacial score (nSPS) is 12.3. The van der Waals surface area contributed by atoms with Crippen LogP contribution in [0.5, 0.6) is 5.75 Å². The van der Waals surface area contributed by atoms with Gasteiger partial charge in [-0.3, -0.25) is 0 Å². The van der Waals surface area contributed by atoms with Gasteiger partial charge in [0, 0.05) is 0 Å². The van der Waals surface area contributed by atoms with E-state index in [1.54, 1.807) is 25.3 Å². The van der Waals surface area contributed by atoms with Crippen molar-refractivity contribution in [2.75, 3.05) is 7.11 Å². The molecule has 1 unspecified atom stereocenters. The number of halogens is 2. The SMILES string of the molecule is COc1cc(C(O)c2ccc(F)c(Br)c2)ccc1C. The summed E-state index contributed by atoms with van der Waals surface area (Å²) in [6.07, 6.45) is -0.814. The van der Waals surface area contributed by atoms with E-state index in [0.717, 1.165) is 11.3 Å². The molecule has 0 spiro atoms. The highest BCUT2D eigenvalue weighted by atomic mass is 79.9. The van der Waals surface area contributed by atoms with E-state index in [1.807, 2.05) is 19.1 Å². The highest BCUT2D eigenvalue weighted by Crippen LogP contribution is 2.29. The summed E-state index contributed by atoms with van der Waals surface area (Å²) >= 11 is 3.12. The van der Waals surface area contributed by atoms with Crippen molar-refractivity contribution >= 4 is 15.9 Å². The molecule has 2 aromatic rings. The minimum absolute atomic E-state index is 0.336. The minimum Gasteiger partial charge on any atom is -0.496 e. The van der Waals surface area contributed by atoms with E-state index in [0.29, 0.717) is 15.6 Å². The second kappa shape index (κ2) is 5.72. The lowest BCUT2D eigenvalue weighted by Crippen LogP contribution is -2.01. The van der Waals surface area contributed by atoms with Crippen molar-refractivity contribution in [1.82, 2.24) is 0 Å². The number of hydrogen-bond acceptors (Lipinski definition) is 2. The molecule has 0 aliphatic heterocycles. The van der Waals surface area contributed by atoms with Crippen molar-refractivity contribution < 1.29 is 14.2 Å². The predicted molar refractivity (Wildman–Crippen MR) is 75.9 cm³/mol. The van der Waals surface area contributed by atoms with Crippen LogP contribution >= 0.6 is 15.9 Å². The van der Waals surface area contributed by atoms with Gasteiger partial charge in [-0.2, -0.15) is 0 Å². The maximum Gasteiger partial charge on any atom is 0.137 e.